The van der Waals surface area contributed by atoms with Crippen molar-refractivity contribution in [3.05, 3.63) is 23.8 Å². The van der Waals surface area contributed by atoms with Crippen molar-refractivity contribution in [3.63, 3.8) is 0 Å². The monoisotopic (exact) mass is 261 g/mol. The van der Waals surface area contributed by atoms with E-state index in [1.807, 2.05) is 20.8 Å². The molecule has 1 heterocycles. The van der Waals surface area contributed by atoms with Crippen LogP contribution in [-0.2, 0) is 4.79 Å². The second-order valence-electron chi connectivity index (χ2n) is 5.76. The highest BCUT2D eigenvalue weighted by molar-refractivity contribution is 6.09. The summed E-state index contributed by atoms with van der Waals surface area (Å²) < 4.78 is 5.18. The van der Waals surface area contributed by atoms with Crippen molar-refractivity contribution in [2.45, 2.75) is 27.2 Å². The fourth-order valence-corrected chi connectivity index (χ4v) is 2.18. The first kappa shape index (κ1) is 13.6. The van der Waals surface area contributed by atoms with Gasteiger partial charge in [-0.3, -0.25) is 9.59 Å². The van der Waals surface area contributed by atoms with Gasteiger partial charge in [-0.25, -0.2) is 0 Å². The van der Waals surface area contributed by atoms with E-state index in [1.165, 1.54) is 0 Å². The number of amides is 1. The molecule has 4 nitrogen and oxygen atoms in total. The van der Waals surface area contributed by atoms with Gasteiger partial charge in [-0.05, 0) is 12.1 Å². The number of carbonyl (C=O) groups is 2. The number of fused-ring (bicyclic) bond motifs is 1. The van der Waals surface area contributed by atoms with Gasteiger partial charge >= 0.3 is 0 Å². The van der Waals surface area contributed by atoms with Gasteiger partial charge in [-0.1, -0.05) is 20.8 Å². The first-order chi connectivity index (χ1) is 8.84. The highest BCUT2D eigenvalue weighted by atomic mass is 16.5. The Morgan fingerprint density at radius 2 is 2.00 bits per heavy atom. The first-order valence-electron chi connectivity index (χ1n) is 6.38. The molecule has 1 aliphatic heterocycles. The zero-order valence-electron chi connectivity index (χ0n) is 11.8. The van der Waals surface area contributed by atoms with E-state index < -0.39 is 5.41 Å². The normalized spacial score (nSPS) is 15.2. The molecule has 1 aliphatic rings. The number of nitrogens with zero attached hydrogens (tertiary/aromatic N) is 1. The third-order valence-corrected chi connectivity index (χ3v) is 3.25. The molecule has 0 aliphatic carbocycles. The van der Waals surface area contributed by atoms with Crippen LogP contribution in [0.4, 0.5) is 5.69 Å². The van der Waals surface area contributed by atoms with Crippen molar-refractivity contribution in [1.82, 2.24) is 0 Å². The number of benzene rings is 1. The van der Waals surface area contributed by atoms with Gasteiger partial charge in [0, 0.05) is 30.0 Å². The second-order valence-corrected chi connectivity index (χ2v) is 5.76. The van der Waals surface area contributed by atoms with Gasteiger partial charge in [-0.15, -0.1) is 0 Å². The van der Waals surface area contributed by atoms with Crippen LogP contribution >= 0.6 is 0 Å². The number of ketones is 1. The third-order valence-electron chi connectivity index (χ3n) is 3.25. The minimum atomic E-state index is -0.471. The van der Waals surface area contributed by atoms with Crippen molar-refractivity contribution < 1.29 is 14.3 Å². The number of rotatable bonds is 1. The Bertz CT molecular complexity index is 529. The van der Waals surface area contributed by atoms with E-state index in [-0.39, 0.29) is 11.7 Å². The van der Waals surface area contributed by atoms with Crippen LogP contribution in [-0.4, -0.2) is 25.3 Å². The maximum atomic E-state index is 12.5. The number of hydrogen-bond acceptors (Lipinski definition) is 3. The van der Waals surface area contributed by atoms with Crippen molar-refractivity contribution in [2.24, 2.45) is 5.41 Å². The van der Waals surface area contributed by atoms with E-state index in [4.69, 9.17) is 4.74 Å². The molecule has 1 amide bonds. The van der Waals surface area contributed by atoms with Gasteiger partial charge < -0.3 is 9.64 Å². The Morgan fingerprint density at radius 1 is 1.32 bits per heavy atom. The number of hydrogen-bond donors (Lipinski definition) is 0. The lowest BCUT2D eigenvalue weighted by Crippen LogP contribution is -2.43. The lowest BCUT2D eigenvalue weighted by Gasteiger charge is -2.33. The van der Waals surface area contributed by atoms with Gasteiger partial charge in [0.2, 0.25) is 5.91 Å². The third kappa shape index (κ3) is 2.48. The van der Waals surface area contributed by atoms with Crippen LogP contribution in [0.5, 0.6) is 5.75 Å². The minimum absolute atomic E-state index is 0.0227. The standard InChI is InChI=1S/C15H19NO3/c1-15(2,3)14(18)16-8-7-13(17)11-6-5-10(19-4)9-12(11)16/h5-6,9H,7-8H2,1-4H3. The largest absolute Gasteiger partial charge is 0.497 e. The number of anilines is 1. The Morgan fingerprint density at radius 3 is 2.58 bits per heavy atom. The van der Waals surface area contributed by atoms with Crippen molar-refractivity contribution in [2.75, 3.05) is 18.6 Å². The van der Waals surface area contributed by atoms with E-state index in [0.29, 0.717) is 30.0 Å². The molecular formula is C15H19NO3. The summed E-state index contributed by atoms with van der Waals surface area (Å²) in [7, 11) is 1.57. The summed E-state index contributed by atoms with van der Waals surface area (Å²) in [5.41, 5.74) is 0.793. The maximum absolute atomic E-state index is 12.5. The predicted octanol–water partition coefficient (Wildman–Crippen LogP) is 2.66. The fraction of sp³-hybridized carbons (Fsp3) is 0.467. The molecule has 102 valence electrons. The van der Waals surface area contributed by atoms with Crippen LogP contribution in [0, 0.1) is 5.41 Å². The fourth-order valence-electron chi connectivity index (χ4n) is 2.18. The molecule has 19 heavy (non-hydrogen) atoms. The number of ether oxygens (including phenoxy) is 1. The lowest BCUT2D eigenvalue weighted by molar-refractivity contribution is -0.125. The zero-order chi connectivity index (χ0) is 14.2. The topological polar surface area (TPSA) is 46.6 Å². The summed E-state index contributed by atoms with van der Waals surface area (Å²) in [6.07, 6.45) is 0.376. The van der Waals surface area contributed by atoms with Crippen LogP contribution in [0.1, 0.15) is 37.6 Å². The smallest absolute Gasteiger partial charge is 0.232 e. The molecule has 0 saturated heterocycles. The summed E-state index contributed by atoms with van der Waals surface area (Å²) in [6, 6.07) is 5.25. The first-order valence-corrected chi connectivity index (χ1v) is 6.38. The van der Waals surface area contributed by atoms with Gasteiger partial charge in [0.05, 0.1) is 12.8 Å². The van der Waals surface area contributed by atoms with Crippen molar-refractivity contribution in [3.8, 4) is 5.75 Å². The molecule has 0 aromatic heterocycles. The minimum Gasteiger partial charge on any atom is -0.497 e. The zero-order valence-corrected chi connectivity index (χ0v) is 11.8. The molecule has 0 spiro atoms. The van der Waals surface area contributed by atoms with E-state index in [9.17, 15) is 9.59 Å². The van der Waals surface area contributed by atoms with Crippen LogP contribution in [0.25, 0.3) is 0 Å². The molecule has 0 saturated carbocycles. The Balaban J connectivity index is 2.49. The van der Waals surface area contributed by atoms with Crippen molar-refractivity contribution >= 4 is 17.4 Å². The molecule has 0 radical (unpaired) electrons. The molecule has 0 N–H and O–H groups in total. The van der Waals surface area contributed by atoms with Gasteiger partial charge in [0.15, 0.2) is 5.78 Å². The summed E-state index contributed by atoms with van der Waals surface area (Å²) >= 11 is 0. The quantitative estimate of drug-likeness (QED) is 0.780. The van der Waals surface area contributed by atoms with Crippen molar-refractivity contribution in [1.29, 1.82) is 0 Å². The van der Waals surface area contributed by atoms with E-state index >= 15 is 0 Å². The molecule has 2 rings (SSSR count). The Kier molecular flexibility index (Phi) is 3.35. The average Bonchev–Trinajstić information content (AvgIpc) is 2.37. The molecule has 0 bridgehead atoms. The SMILES string of the molecule is COc1ccc2c(c1)N(C(=O)C(C)(C)C)CCC2=O. The number of carbonyl (C=O) groups excluding carboxylic acids is 2. The average molecular weight is 261 g/mol. The van der Waals surface area contributed by atoms with Gasteiger partial charge in [0.25, 0.3) is 0 Å². The number of methoxy groups -OCH3 is 1. The van der Waals surface area contributed by atoms with Crippen LogP contribution in [0.2, 0.25) is 0 Å². The summed E-state index contributed by atoms with van der Waals surface area (Å²) in [6.45, 7) is 6.08. The lowest BCUT2D eigenvalue weighted by atomic mass is 9.91. The molecule has 0 fully saturated rings. The maximum Gasteiger partial charge on any atom is 0.232 e. The van der Waals surface area contributed by atoms with Crippen LogP contribution in [0.15, 0.2) is 18.2 Å². The highest BCUT2D eigenvalue weighted by Gasteiger charge is 2.33. The molecule has 4 heteroatoms. The van der Waals surface area contributed by atoms with Crippen LogP contribution in [0.3, 0.4) is 0 Å². The second kappa shape index (κ2) is 4.68. The molecule has 0 atom stereocenters. The molecule has 1 aromatic carbocycles. The summed E-state index contributed by atoms with van der Waals surface area (Å²) in [4.78, 5) is 26.1. The Hall–Kier alpha value is -1.84. The summed E-state index contributed by atoms with van der Waals surface area (Å²) in [5, 5.41) is 0. The highest BCUT2D eigenvalue weighted by Crippen LogP contribution is 2.33. The molecule has 1 aromatic rings. The van der Waals surface area contributed by atoms with Gasteiger partial charge in [0.1, 0.15) is 5.75 Å². The van der Waals surface area contributed by atoms with Crippen LogP contribution < -0.4 is 9.64 Å². The molecule has 0 unspecified atom stereocenters. The van der Waals surface area contributed by atoms with E-state index in [2.05, 4.69) is 0 Å². The van der Waals surface area contributed by atoms with E-state index in [1.54, 1.807) is 30.2 Å². The predicted molar refractivity (Wildman–Crippen MR) is 73.7 cm³/mol. The molecular weight excluding hydrogens is 242 g/mol. The Labute approximate surface area is 113 Å². The van der Waals surface area contributed by atoms with Gasteiger partial charge in [-0.2, -0.15) is 0 Å². The summed E-state index contributed by atoms with van der Waals surface area (Å²) in [5.74, 6) is 0.755. The van der Waals surface area contributed by atoms with E-state index in [0.717, 1.165) is 0 Å². The number of Topliss-reactive ketones (excluding diaryl/α,β-unsaturated/α-hetero) is 1.